The molecule has 19 heavy (non-hydrogen) atoms. The second-order valence-corrected chi connectivity index (χ2v) is 5.73. The standard InChI is InChI=1S/C15H14BrClFN/c1-10(12-3-2-4-13(16)8-12)19-9-11-5-6-15(18)14(17)7-11/h2-8,10,19H,9H2,1H3/t10-/m1/s1. The lowest BCUT2D eigenvalue weighted by atomic mass is 10.1. The molecule has 0 bridgehead atoms. The molecule has 100 valence electrons. The van der Waals surface area contributed by atoms with Crippen LogP contribution in [-0.4, -0.2) is 0 Å². The molecule has 0 fully saturated rings. The van der Waals surface area contributed by atoms with E-state index in [2.05, 4.69) is 40.3 Å². The van der Waals surface area contributed by atoms with Gasteiger partial charge in [0.2, 0.25) is 0 Å². The van der Waals surface area contributed by atoms with Crippen LogP contribution in [0.3, 0.4) is 0 Å². The van der Waals surface area contributed by atoms with Crippen LogP contribution in [0.2, 0.25) is 5.02 Å². The summed E-state index contributed by atoms with van der Waals surface area (Å²) in [6.45, 7) is 2.74. The number of nitrogens with one attached hydrogen (secondary N) is 1. The third kappa shape index (κ3) is 4.03. The molecule has 0 saturated heterocycles. The van der Waals surface area contributed by atoms with E-state index in [0.717, 1.165) is 10.0 Å². The van der Waals surface area contributed by atoms with Crippen molar-refractivity contribution in [2.75, 3.05) is 0 Å². The van der Waals surface area contributed by atoms with Crippen molar-refractivity contribution in [3.63, 3.8) is 0 Å². The minimum absolute atomic E-state index is 0.161. The van der Waals surface area contributed by atoms with Crippen molar-refractivity contribution in [1.82, 2.24) is 5.32 Å². The minimum atomic E-state index is -0.384. The maximum Gasteiger partial charge on any atom is 0.141 e. The van der Waals surface area contributed by atoms with Crippen molar-refractivity contribution in [3.05, 3.63) is 68.9 Å². The van der Waals surface area contributed by atoms with Crippen molar-refractivity contribution in [3.8, 4) is 0 Å². The monoisotopic (exact) mass is 341 g/mol. The Hall–Kier alpha value is -0.900. The third-order valence-electron chi connectivity index (χ3n) is 2.95. The topological polar surface area (TPSA) is 12.0 Å². The Kier molecular flexibility index (Phi) is 4.97. The average Bonchev–Trinajstić information content (AvgIpc) is 2.40. The first-order valence-electron chi connectivity index (χ1n) is 5.99. The molecule has 0 amide bonds. The molecule has 0 aliphatic carbocycles. The molecule has 0 heterocycles. The number of hydrogen-bond donors (Lipinski definition) is 1. The smallest absolute Gasteiger partial charge is 0.141 e. The molecule has 0 saturated carbocycles. The Bertz CT molecular complexity index is 574. The second kappa shape index (κ2) is 6.51. The van der Waals surface area contributed by atoms with E-state index in [1.165, 1.54) is 11.6 Å². The van der Waals surface area contributed by atoms with Gasteiger partial charge < -0.3 is 5.32 Å². The molecule has 0 radical (unpaired) electrons. The highest BCUT2D eigenvalue weighted by Gasteiger charge is 2.06. The Morgan fingerprint density at radius 3 is 2.74 bits per heavy atom. The summed E-state index contributed by atoms with van der Waals surface area (Å²) in [5.74, 6) is -0.384. The van der Waals surface area contributed by atoms with E-state index in [9.17, 15) is 4.39 Å². The molecule has 0 spiro atoms. The summed E-state index contributed by atoms with van der Waals surface area (Å²) in [6.07, 6.45) is 0. The third-order valence-corrected chi connectivity index (χ3v) is 3.73. The second-order valence-electron chi connectivity index (χ2n) is 4.41. The normalized spacial score (nSPS) is 12.4. The van der Waals surface area contributed by atoms with Crippen LogP contribution < -0.4 is 5.32 Å². The predicted molar refractivity (Wildman–Crippen MR) is 80.8 cm³/mol. The van der Waals surface area contributed by atoms with E-state index >= 15 is 0 Å². The molecular weight excluding hydrogens is 329 g/mol. The summed E-state index contributed by atoms with van der Waals surface area (Å²) < 4.78 is 14.1. The zero-order chi connectivity index (χ0) is 13.8. The summed E-state index contributed by atoms with van der Waals surface area (Å²) in [5.41, 5.74) is 2.16. The highest BCUT2D eigenvalue weighted by molar-refractivity contribution is 9.10. The van der Waals surface area contributed by atoms with E-state index in [1.807, 2.05) is 12.1 Å². The van der Waals surface area contributed by atoms with Crippen LogP contribution in [0.1, 0.15) is 24.1 Å². The zero-order valence-corrected chi connectivity index (χ0v) is 12.8. The van der Waals surface area contributed by atoms with Gasteiger partial charge in [-0.05, 0) is 42.3 Å². The fourth-order valence-electron chi connectivity index (χ4n) is 1.81. The number of halogens is 3. The quantitative estimate of drug-likeness (QED) is 0.816. The summed E-state index contributed by atoms with van der Waals surface area (Å²) in [6, 6.07) is 13.1. The van der Waals surface area contributed by atoms with E-state index in [4.69, 9.17) is 11.6 Å². The van der Waals surface area contributed by atoms with Crippen LogP contribution >= 0.6 is 27.5 Å². The van der Waals surface area contributed by atoms with Gasteiger partial charge in [-0.25, -0.2) is 4.39 Å². The fourth-order valence-corrected chi connectivity index (χ4v) is 2.43. The van der Waals surface area contributed by atoms with E-state index in [-0.39, 0.29) is 16.9 Å². The first-order valence-corrected chi connectivity index (χ1v) is 7.16. The molecule has 0 aromatic heterocycles. The Balaban J connectivity index is 2.00. The van der Waals surface area contributed by atoms with Crippen LogP contribution in [0, 0.1) is 5.82 Å². The average molecular weight is 343 g/mol. The van der Waals surface area contributed by atoms with Crippen molar-refractivity contribution >= 4 is 27.5 Å². The largest absolute Gasteiger partial charge is 0.306 e. The van der Waals surface area contributed by atoms with Gasteiger partial charge >= 0.3 is 0 Å². The first kappa shape index (κ1) is 14.5. The Morgan fingerprint density at radius 2 is 2.05 bits per heavy atom. The van der Waals surface area contributed by atoms with E-state index in [0.29, 0.717) is 6.54 Å². The van der Waals surface area contributed by atoms with Gasteiger partial charge in [-0.15, -0.1) is 0 Å². The summed E-state index contributed by atoms with van der Waals surface area (Å²) in [7, 11) is 0. The van der Waals surface area contributed by atoms with Crippen molar-refractivity contribution in [2.45, 2.75) is 19.5 Å². The number of hydrogen-bond acceptors (Lipinski definition) is 1. The molecule has 0 aliphatic rings. The highest BCUT2D eigenvalue weighted by atomic mass is 79.9. The Labute approximate surface area is 125 Å². The maximum atomic E-state index is 13.0. The Morgan fingerprint density at radius 1 is 1.26 bits per heavy atom. The van der Waals surface area contributed by atoms with Crippen LogP contribution in [0.15, 0.2) is 46.9 Å². The molecule has 0 aliphatic heterocycles. The van der Waals surface area contributed by atoms with Crippen molar-refractivity contribution in [1.29, 1.82) is 0 Å². The van der Waals surface area contributed by atoms with Crippen LogP contribution in [-0.2, 0) is 6.54 Å². The van der Waals surface area contributed by atoms with Gasteiger partial charge in [0.25, 0.3) is 0 Å². The highest BCUT2D eigenvalue weighted by Crippen LogP contribution is 2.19. The molecule has 4 heteroatoms. The number of benzene rings is 2. The lowest BCUT2D eigenvalue weighted by molar-refractivity contribution is 0.572. The van der Waals surface area contributed by atoms with Crippen molar-refractivity contribution in [2.24, 2.45) is 0 Å². The van der Waals surface area contributed by atoms with Crippen molar-refractivity contribution < 1.29 is 4.39 Å². The van der Waals surface area contributed by atoms with Gasteiger partial charge in [-0.2, -0.15) is 0 Å². The summed E-state index contributed by atoms with van der Waals surface area (Å²) in [4.78, 5) is 0. The molecule has 2 rings (SSSR count). The van der Waals surface area contributed by atoms with Gasteiger partial charge in [0, 0.05) is 17.1 Å². The SMILES string of the molecule is C[C@@H](NCc1ccc(F)c(Cl)c1)c1cccc(Br)c1. The molecule has 1 atom stereocenters. The number of rotatable bonds is 4. The van der Waals surface area contributed by atoms with Gasteiger partial charge in [-0.3, -0.25) is 0 Å². The minimum Gasteiger partial charge on any atom is -0.306 e. The van der Waals surface area contributed by atoms with Crippen LogP contribution in [0.5, 0.6) is 0 Å². The van der Waals surface area contributed by atoms with Crippen LogP contribution in [0.25, 0.3) is 0 Å². The molecule has 2 aromatic carbocycles. The van der Waals surface area contributed by atoms with Crippen LogP contribution in [0.4, 0.5) is 4.39 Å². The summed E-state index contributed by atoms with van der Waals surface area (Å²) in [5, 5.41) is 3.55. The lowest BCUT2D eigenvalue weighted by Gasteiger charge is -2.15. The zero-order valence-electron chi connectivity index (χ0n) is 10.5. The van der Waals surface area contributed by atoms with E-state index in [1.54, 1.807) is 12.1 Å². The molecule has 1 nitrogen and oxygen atoms in total. The summed E-state index contributed by atoms with van der Waals surface area (Å²) >= 11 is 9.22. The molecular formula is C15H14BrClFN. The molecule has 2 aromatic rings. The lowest BCUT2D eigenvalue weighted by Crippen LogP contribution is -2.18. The van der Waals surface area contributed by atoms with Gasteiger partial charge in [-0.1, -0.05) is 45.7 Å². The van der Waals surface area contributed by atoms with Gasteiger partial charge in [0.05, 0.1) is 5.02 Å². The maximum absolute atomic E-state index is 13.0. The van der Waals surface area contributed by atoms with E-state index < -0.39 is 0 Å². The predicted octanol–water partition coefficient (Wildman–Crippen LogP) is 5.09. The fraction of sp³-hybridized carbons (Fsp3) is 0.200. The van der Waals surface area contributed by atoms with Gasteiger partial charge in [0.1, 0.15) is 5.82 Å². The molecule has 0 unspecified atom stereocenters. The van der Waals surface area contributed by atoms with Gasteiger partial charge in [0.15, 0.2) is 0 Å². The molecule has 1 N–H and O–H groups in total. The first-order chi connectivity index (χ1) is 9.06.